The first-order valence-corrected chi connectivity index (χ1v) is 7.93. The molecule has 27 heavy (non-hydrogen) atoms. The van der Waals surface area contributed by atoms with Crippen LogP contribution < -0.4 is 15.8 Å². The zero-order valence-corrected chi connectivity index (χ0v) is 15.0. The molecule has 0 spiro atoms. The van der Waals surface area contributed by atoms with Gasteiger partial charge in [0.15, 0.2) is 6.10 Å². The molecular weight excluding hydrogens is 354 g/mol. The number of ether oxygens (including phenoxy) is 2. The Bertz CT molecular complexity index is 897. The lowest BCUT2D eigenvalue weighted by atomic mass is 10.1. The van der Waals surface area contributed by atoms with Crippen molar-refractivity contribution in [2.24, 2.45) is 0 Å². The number of methoxy groups -OCH3 is 1. The SMILES string of the molecule is COc1ccc(C)cc1NC(=O)[C@H](C)OC(=O)c1cc([N+](=O)[O-])ccc1N. The Morgan fingerprint density at radius 2 is 1.93 bits per heavy atom. The summed E-state index contributed by atoms with van der Waals surface area (Å²) < 4.78 is 10.3. The van der Waals surface area contributed by atoms with Crippen LogP contribution in [-0.4, -0.2) is 30.0 Å². The maximum absolute atomic E-state index is 12.3. The van der Waals surface area contributed by atoms with Crippen LogP contribution in [0.25, 0.3) is 0 Å². The van der Waals surface area contributed by atoms with Crippen LogP contribution in [0.4, 0.5) is 17.1 Å². The van der Waals surface area contributed by atoms with Gasteiger partial charge in [-0.05, 0) is 37.6 Å². The van der Waals surface area contributed by atoms with E-state index in [1.165, 1.54) is 26.2 Å². The fraction of sp³-hybridized carbons (Fsp3) is 0.222. The van der Waals surface area contributed by atoms with Crippen LogP contribution >= 0.6 is 0 Å². The van der Waals surface area contributed by atoms with Gasteiger partial charge in [-0.2, -0.15) is 0 Å². The number of aryl methyl sites for hydroxylation is 1. The first-order valence-electron chi connectivity index (χ1n) is 7.93. The van der Waals surface area contributed by atoms with Crippen LogP contribution in [0.3, 0.4) is 0 Å². The Morgan fingerprint density at radius 3 is 2.56 bits per heavy atom. The molecule has 9 heteroatoms. The standard InChI is InChI=1S/C18H19N3O6/c1-10-4-7-16(26-3)15(8-10)20-17(22)11(2)27-18(23)13-9-12(21(24)25)5-6-14(13)19/h4-9,11H,19H2,1-3H3,(H,20,22)/t11-/m0/s1. The largest absolute Gasteiger partial charge is 0.495 e. The lowest BCUT2D eigenvalue weighted by Gasteiger charge is -2.16. The van der Waals surface area contributed by atoms with E-state index in [-0.39, 0.29) is 16.9 Å². The minimum absolute atomic E-state index is 0.0126. The number of hydrogen-bond acceptors (Lipinski definition) is 7. The summed E-state index contributed by atoms with van der Waals surface area (Å²) in [5.41, 5.74) is 6.54. The number of carbonyl (C=O) groups excluding carboxylic acids is 2. The average molecular weight is 373 g/mol. The predicted octanol–water partition coefficient (Wildman–Crippen LogP) is 2.68. The van der Waals surface area contributed by atoms with E-state index in [2.05, 4.69) is 5.32 Å². The van der Waals surface area contributed by atoms with Crippen LogP contribution in [0.5, 0.6) is 5.75 Å². The highest BCUT2D eigenvalue weighted by Crippen LogP contribution is 2.26. The highest BCUT2D eigenvalue weighted by molar-refractivity contribution is 6.00. The molecule has 0 unspecified atom stereocenters. The number of nitrogens with two attached hydrogens (primary N) is 1. The molecule has 0 radical (unpaired) electrons. The Balaban J connectivity index is 2.13. The van der Waals surface area contributed by atoms with Crippen molar-refractivity contribution in [2.75, 3.05) is 18.2 Å². The molecule has 2 aromatic rings. The third kappa shape index (κ3) is 4.72. The van der Waals surface area contributed by atoms with Gasteiger partial charge < -0.3 is 20.5 Å². The van der Waals surface area contributed by atoms with Gasteiger partial charge in [-0.15, -0.1) is 0 Å². The monoisotopic (exact) mass is 373 g/mol. The first kappa shape index (κ1) is 19.7. The molecule has 0 bridgehead atoms. The number of non-ortho nitro benzene ring substituents is 1. The molecule has 0 fully saturated rings. The molecule has 1 amide bonds. The molecule has 0 aliphatic carbocycles. The quantitative estimate of drug-likeness (QED) is 0.344. The Kier molecular flexibility index (Phi) is 5.96. The molecular formula is C18H19N3O6. The zero-order valence-electron chi connectivity index (χ0n) is 15.0. The second kappa shape index (κ2) is 8.17. The predicted molar refractivity (Wildman–Crippen MR) is 98.7 cm³/mol. The van der Waals surface area contributed by atoms with E-state index in [0.717, 1.165) is 11.6 Å². The molecule has 0 aliphatic rings. The van der Waals surface area contributed by atoms with E-state index in [9.17, 15) is 19.7 Å². The van der Waals surface area contributed by atoms with Crippen molar-refractivity contribution >= 4 is 28.9 Å². The number of benzene rings is 2. The summed E-state index contributed by atoms with van der Waals surface area (Å²) in [4.78, 5) is 34.8. The summed E-state index contributed by atoms with van der Waals surface area (Å²) in [5, 5.41) is 13.5. The summed E-state index contributed by atoms with van der Waals surface area (Å²) in [6, 6.07) is 8.65. The highest BCUT2D eigenvalue weighted by atomic mass is 16.6. The van der Waals surface area contributed by atoms with Crippen LogP contribution in [0.2, 0.25) is 0 Å². The van der Waals surface area contributed by atoms with E-state index in [1.807, 2.05) is 13.0 Å². The maximum atomic E-state index is 12.3. The molecule has 0 saturated carbocycles. The number of hydrogen-bond donors (Lipinski definition) is 2. The summed E-state index contributed by atoms with van der Waals surface area (Å²) in [6.07, 6.45) is -1.17. The van der Waals surface area contributed by atoms with Crippen molar-refractivity contribution in [2.45, 2.75) is 20.0 Å². The fourth-order valence-electron chi connectivity index (χ4n) is 2.27. The van der Waals surface area contributed by atoms with Crippen molar-refractivity contribution in [3.63, 3.8) is 0 Å². The lowest BCUT2D eigenvalue weighted by molar-refractivity contribution is -0.384. The minimum Gasteiger partial charge on any atom is -0.495 e. The normalized spacial score (nSPS) is 11.4. The molecule has 0 aromatic heterocycles. The molecule has 2 aromatic carbocycles. The first-order chi connectivity index (χ1) is 12.7. The number of nitro groups is 1. The van der Waals surface area contributed by atoms with Gasteiger partial charge in [0.1, 0.15) is 5.75 Å². The minimum atomic E-state index is -1.17. The zero-order chi connectivity index (χ0) is 20.1. The number of amides is 1. The molecule has 2 rings (SSSR count). The number of anilines is 2. The summed E-state index contributed by atoms with van der Waals surface area (Å²) in [5.74, 6) is -1.07. The van der Waals surface area contributed by atoms with Crippen LogP contribution in [-0.2, 0) is 9.53 Å². The molecule has 0 saturated heterocycles. The third-order valence-corrected chi connectivity index (χ3v) is 3.73. The van der Waals surface area contributed by atoms with E-state index in [1.54, 1.807) is 12.1 Å². The Labute approximate surface area is 155 Å². The Hall–Kier alpha value is -3.62. The maximum Gasteiger partial charge on any atom is 0.341 e. The molecule has 0 aliphatic heterocycles. The van der Waals surface area contributed by atoms with E-state index in [0.29, 0.717) is 11.4 Å². The van der Waals surface area contributed by atoms with Gasteiger partial charge in [0.25, 0.3) is 11.6 Å². The van der Waals surface area contributed by atoms with Crippen molar-refractivity contribution in [3.05, 3.63) is 57.6 Å². The second-order valence-corrected chi connectivity index (χ2v) is 5.77. The number of rotatable bonds is 6. The number of esters is 1. The number of nitrogen functional groups attached to an aromatic ring is 1. The molecule has 142 valence electrons. The number of nitrogens with one attached hydrogen (secondary N) is 1. The molecule has 9 nitrogen and oxygen atoms in total. The van der Waals surface area contributed by atoms with Crippen molar-refractivity contribution in [1.29, 1.82) is 0 Å². The van der Waals surface area contributed by atoms with E-state index < -0.39 is 22.9 Å². The van der Waals surface area contributed by atoms with Gasteiger partial charge >= 0.3 is 5.97 Å². The molecule has 3 N–H and O–H groups in total. The topological polar surface area (TPSA) is 134 Å². The second-order valence-electron chi connectivity index (χ2n) is 5.77. The Morgan fingerprint density at radius 1 is 1.22 bits per heavy atom. The summed E-state index contributed by atoms with van der Waals surface area (Å²) in [6.45, 7) is 3.23. The molecule has 0 heterocycles. The van der Waals surface area contributed by atoms with E-state index in [4.69, 9.17) is 15.2 Å². The highest BCUT2D eigenvalue weighted by Gasteiger charge is 2.23. The smallest absolute Gasteiger partial charge is 0.341 e. The van der Waals surface area contributed by atoms with Gasteiger partial charge in [-0.3, -0.25) is 14.9 Å². The van der Waals surface area contributed by atoms with Gasteiger partial charge in [0.2, 0.25) is 0 Å². The van der Waals surface area contributed by atoms with E-state index >= 15 is 0 Å². The van der Waals surface area contributed by atoms with Crippen molar-refractivity contribution < 1.29 is 24.0 Å². The number of nitrogens with zero attached hydrogens (tertiary/aromatic N) is 1. The summed E-state index contributed by atoms with van der Waals surface area (Å²) in [7, 11) is 1.47. The third-order valence-electron chi connectivity index (χ3n) is 3.73. The lowest BCUT2D eigenvalue weighted by Crippen LogP contribution is -2.30. The summed E-state index contributed by atoms with van der Waals surface area (Å²) >= 11 is 0. The van der Waals surface area contributed by atoms with Crippen LogP contribution in [0.15, 0.2) is 36.4 Å². The van der Waals surface area contributed by atoms with Crippen LogP contribution in [0, 0.1) is 17.0 Å². The molecule has 1 atom stereocenters. The van der Waals surface area contributed by atoms with Gasteiger partial charge in [0, 0.05) is 17.8 Å². The van der Waals surface area contributed by atoms with Crippen molar-refractivity contribution in [1.82, 2.24) is 0 Å². The number of nitro benzene ring substituents is 1. The van der Waals surface area contributed by atoms with Crippen LogP contribution in [0.1, 0.15) is 22.8 Å². The van der Waals surface area contributed by atoms with Gasteiger partial charge in [-0.1, -0.05) is 6.07 Å². The fourth-order valence-corrected chi connectivity index (χ4v) is 2.27. The average Bonchev–Trinajstić information content (AvgIpc) is 2.61. The van der Waals surface area contributed by atoms with Gasteiger partial charge in [0.05, 0.1) is 23.3 Å². The van der Waals surface area contributed by atoms with Crippen molar-refractivity contribution in [3.8, 4) is 5.75 Å². The number of carbonyl (C=O) groups is 2. The van der Waals surface area contributed by atoms with Gasteiger partial charge in [-0.25, -0.2) is 4.79 Å².